The molecule has 6 heteroatoms. The third-order valence-corrected chi connectivity index (χ3v) is 8.38. The van der Waals surface area contributed by atoms with E-state index in [1.54, 1.807) is 12.1 Å². The van der Waals surface area contributed by atoms with Crippen LogP contribution in [0.1, 0.15) is 42.3 Å². The molecule has 0 bridgehead atoms. The normalized spacial score (nSPS) is 12.1. The number of hydrogen-bond donors (Lipinski definition) is 0. The highest BCUT2D eigenvalue weighted by atomic mass is 32.2. The summed E-state index contributed by atoms with van der Waals surface area (Å²) in [7, 11) is -3.73. The van der Waals surface area contributed by atoms with Crippen molar-refractivity contribution < 1.29 is 8.42 Å². The van der Waals surface area contributed by atoms with Crippen LogP contribution in [0.3, 0.4) is 0 Å². The molecule has 0 spiro atoms. The second-order valence-electron chi connectivity index (χ2n) is 9.33. The molecule has 3 aromatic carbocycles. The maximum Gasteiger partial charge on any atom is 0.243 e. The second kappa shape index (κ2) is 10.2. The van der Waals surface area contributed by atoms with Crippen molar-refractivity contribution in [1.82, 2.24) is 13.9 Å². The number of rotatable bonds is 9. The molecular formula is C30H31N3O2S. The van der Waals surface area contributed by atoms with Crippen LogP contribution in [0.4, 0.5) is 0 Å². The SMILES string of the molecule is CCCCc1cc2ccccc2c2cc(CN(Cc3ccccc3)S(=O)(=O)c3ccc(C)cc3)nn12. The Kier molecular flexibility index (Phi) is 6.90. The lowest BCUT2D eigenvalue weighted by Crippen LogP contribution is -2.30. The van der Waals surface area contributed by atoms with Crippen LogP contribution in [-0.2, 0) is 29.5 Å². The van der Waals surface area contributed by atoms with Crippen LogP contribution in [0.2, 0.25) is 0 Å². The standard InChI is InChI=1S/C30H31N3O2S/c1-3-4-13-27-19-25-12-8-9-14-29(25)30-20-26(31-33(27)30)22-32(21-24-10-6-5-7-11-24)36(34,35)28-17-15-23(2)16-18-28/h5-12,14-20H,3-4,13,21-22H2,1-2H3. The maximum atomic E-state index is 13.8. The molecule has 5 aromatic rings. The van der Waals surface area contributed by atoms with Crippen molar-refractivity contribution in [1.29, 1.82) is 0 Å². The number of fused-ring (bicyclic) bond motifs is 3. The Morgan fingerprint density at radius 3 is 2.33 bits per heavy atom. The van der Waals surface area contributed by atoms with E-state index in [0.29, 0.717) is 4.90 Å². The van der Waals surface area contributed by atoms with Gasteiger partial charge in [-0.15, -0.1) is 0 Å². The predicted octanol–water partition coefficient (Wildman–Crippen LogP) is 6.53. The van der Waals surface area contributed by atoms with Crippen LogP contribution in [-0.4, -0.2) is 22.3 Å². The molecule has 0 aliphatic rings. The molecule has 0 fully saturated rings. The van der Waals surface area contributed by atoms with Crippen molar-refractivity contribution in [3.63, 3.8) is 0 Å². The quantitative estimate of drug-likeness (QED) is 0.233. The highest BCUT2D eigenvalue weighted by molar-refractivity contribution is 7.89. The number of aromatic nitrogens is 2. The molecule has 2 heterocycles. The number of nitrogens with zero attached hydrogens (tertiary/aromatic N) is 3. The van der Waals surface area contributed by atoms with Gasteiger partial charge in [0.1, 0.15) is 0 Å². The van der Waals surface area contributed by atoms with E-state index in [9.17, 15) is 8.42 Å². The minimum absolute atomic E-state index is 0.189. The Morgan fingerprint density at radius 2 is 1.58 bits per heavy atom. The van der Waals surface area contributed by atoms with Crippen molar-refractivity contribution >= 4 is 26.3 Å². The highest BCUT2D eigenvalue weighted by Gasteiger charge is 2.26. The summed E-state index contributed by atoms with van der Waals surface area (Å²) in [4.78, 5) is 0.293. The molecule has 0 atom stereocenters. The minimum Gasteiger partial charge on any atom is -0.237 e. The molecule has 0 N–H and O–H groups in total. The van der Waals surface area contributed by atoms with Gasteiger partial charge in [-0.3, -0.25) is 0 Å². The third-order valence-electron chi connectivity index (χ3n) is 6.58. The fourth-order valence-electron chi connectivity index (χ4n) is 4.60. The molecule has 36 heavy (non-hydrogen) atoms. The van der Waals surface area contributed by atoms with E-state index in [1.165, 1.54) is 9.69 Å². The lowest BCUT2D eigenvalue weighted by Gasteiger charge is -2.21. The Hall–Kier alpha value is -3.48. The summed E-state index contributed by atoms with van der Waals surface area (Å²) in [5.74, 6) is 0. The first-order chi connectivity index (χ1) is 17.5. The van der Waals surface area contributed by atoms with Gasteiger partial charge in [0.15, 0.2) is 0 Å². The average Bonchev–Trinajstić information content (AvgIpc) is 3.32. The number of sulfonamides is 1. The van der Waals surface area contributed by atoms with Gasteiger partial charge in [0, 0.05) is 17.6 Å². The van der Waals surface area contributed by atoms with Gasteiger partial charge in [0.25, 0.3) is 0 Å². The zero-order chi connectivity index (χ0) is 25.1. The molecule has 0 aliphatic carbocycles. The molecule has 0 saturated heterocycles. The summed E-state index contributed by atoms with van der Waals surface area (Å²) < 4.78 is 31.1. The number of aryl methyl sites for hydroxylation is 2. The van der Waals surface area contributed by atoms with Crippen LogP contribution < -0.4 is 0 Å². The zero-order valence-corrected chi connectivity index (χ0v) is 21.6. The third kappa shape index (κ3) is 4.92. The largest absolute Gasteiger partial charge is 0.243 e. The van der Waals surface area contributed by atoms with Gasteiger partial charge in [-0.05, 0) is 55.0 Å². The first-order valence-electron chi connectivity index (χ1n) is 12.5. The summed E-state index contributed by atoms with van der Waals surface area (Å²) >= 11 is 0. The van der Waals surface area contributed by atoms with Crippen molar-refractivity contribution in [2.45, 2.75) is 51.1 Å². The van der Waals surface area contributed by atoms with Crippen molar-refractivity contribution in [3.05, 3.63) is 114 Å². The van der Waals surface area contributed by atoms with Crippen LogP contribution >= 0.6 is 0 Å². The van der Waals surface area contributed by atoms with E-state index in [2.05, 4.69) is 31.2 Å². The fourth-order valence-corrected chi connectivity index (χ4v) is 6.00. The van der Waals surface area contributed by atoms with Crippen LogP contribution in [0, 0.1) is 6.92 Å². The Labute approximate surface area is 213 Å². The second-order valence-corrected chi connectivity index (χ2v) is 11.3. The molecule has 0 aliphatic heterocycles. The molecular weight excluding hydrogens is 466 g/mol. The fraction of sp³-hybridized carbons (Fsp3) is 0.233. The molecule has 184 valence electrons. The summed E-state index contributed by atoms with van der Waals surface area (Å²) in [6, 6.07) is 29.3. The van der Waals surface area contributed by atoms with E-state index in [1.807, 2.05) is 66.0 Å². The first kappa shape index (κ1) is 24.2. The lowest BCUT2D eigenvalue weighted by molar-refractivity contribution is 0.396. The molecule has 0 saturated carbocycles. The van der Waals surface area contributed by atoms with E-state index in [4.69, 9.17) is 5.10 Å². The Balaban J connectivity index is 1.59. The minimum atomic E-state index is -3.73. The number of benzene rings is 3. The van der Waals surface area contributed by atoms with E-state index in [0.717, 1.165) is 52.7 Å². The summed E-state index contributed by atoms with van der Waals surface area (Å²) in [5.41, 5.74) is 4.85. The zero-order valence-electron chi connectivity index (χ0n) is 20.8. The van der Waals surface area contributed by atoms with Crippen molar-refractivity contribution in [3.8, 4) is 0 Å². The monoisotopic (exact) mass is 497 g/mol. The van der Waals surface area contributed by atoms with Gasteiger partial charge in [-0.1, -0.05) is 85.6 Å². The smallest absolute Gasteiger partial charge is 0.237 e. The molecule has 5 rings (SSSR count). The number of pyridine rings is 1. The van der Waals surface area contributed by atoms with Gasteiger partial charge >= 0.3 is 0 Å². The predicted molar refractivity (Wildman–Crippen MR) is 145 cm³/mol. The Morgan fingerprint density at radius 1 is 0.861 bits per heavy atom. The van der Waals surface area contributed by atoms with Crippen LogP contribution in [0.15, 0.2) is 95.9 Å². The van der Waals surface area contributed by atoms with Gasteiger partial charge in [0.2, 0.25) is 10.0 Å². The molecule has 2 aromatic heterocycles. The van der Waals surface area contributed by atoms with Crippen LogP contribution in [0.5, 0.6) is 0 Å². The van der Waals surface area contributed by atoms with Crippen molar-refractivity contribution in [2.75, 3.05) is 0 Å². The number of hydrogen-bond acceptors (Lipinski definition) is 3. The van der Waals surface area contributed by atoms with Gasteiger partial charge < -0.3 is 0 Å². The maximum absolute atomic E-state index is 13.8. The average molecular weight is 498 g/mol. The summed E-state index contributed by atoms with van der Waals surface area (Å²) in [6.07, 6.45) is 3.10. The molecule has 0 radical (unpaired) electrons. The van der Waals surface area contributed by atoms with E-state index in [-0.39, 0.29) is 13.1 Å². The van der Waals surface area contributed by atoms with Crippen molar-refractivity contribution in [2.24, 2.45) is 0 Å². The summed E-state index contributed by atoms with van der Waals surface area (Å²) in [6.45, 7) is 4.60. The Bertz CT molecular complexity index is 1590. The van der Waals surface area contributed by atoms with E-state index >= 15 is 0 Å². The molecule has 5 nitrogen and oxygen atoms in total. The number of unbranched alkanes of at least 4 members (excludes halogenated alkanes) is 1. The van der Waals surface area contributed by atoms with Gasteiger partial charge in [-0.25, -0.2) is 12.9 Å². The summed E-state index contributed by atoms with van der Waals surface area (Å²) in [5, 5.41) is 7.22. The highest BCUT2D eigenvalue weighted by Crippen LogP contribution is 2.26. The van der Waals surface area contributed by atoms with E-state index < -0.39 is 10.0 Å². The first-order valence-corrected chi connectivity index (χ1v) is 13.9. The van der Waals surface area contributed by atoms with Gasteiger partial charge in [-0.2, -0.15) is 9.40 Å². The topological polar surface area (TPSA) is 54.7 Å². The van der Waals surface area contributed by atoms with Crippen LogP contribution in [0.25, 0.3) is 16.3 Å². The molecule has 0 unspecified atom stereocenters. The van der Waals surface area contributed by atoms with Gasteiger partial charge in [0.05, 0.1) is 22.7 Å². The lowest BCUT2D eigenvalue weighted by atomic mass is 10.1. The molecule has 0 amide bonds.